The SMILES string of the molecule is CN(C)Cc1ccccc1CNC(=O)Cn1cnc2c(cnn2C)c1=O. The molecule has 0 aliphatic rings. The number of aromatic nitrogens is 4. The molecule has 1 amide bonds. The van der Waals surface area contributed by atoms with Gasteiger partial charge in [0, 0.05) is 20.1 Å². The van der Waals surface area contributed by atoms with Gasteiger partial charge in [-0.3, -0.25) is 18.8 Å². The minimum absolute atomic E-state index is 0.0769. The number of carbonyl (C=O) groups excluding carboxylic acids is 1. The molecule has 0 saturated heterocycles. The molecule has 3 aromatic rings. The van der Waals surface area contributed by atoms with E-state index in [4.69, 9.17) is 0 Å². The van der Waals surface area contributed by atoms with Gasteiger partial charge in [-0.05, 0) is 25.2 Å². The number of rotatable bonds is 6. The third-order valence-electron chi connectivity index (χ3n) is 4.11. The third-order valence-corrected chi connectivity index (χ3v) is 4.11. The van der Waals surface area contributed by atoms with Gasteiger partial charge in [0.2, 0.25) is 5.91 Å². The van der Waals surface area contributed by atoms with Crippen LogP contribution in [0.25, 0.3) is 11.0 Å². The first kappa shape index (κ1) is 17.8. The molecule has 2 heterocycles. The van der Waals surface area contributed by atoms with Gasteiger partial charge < -0.3 is 10.2 Å². The van der Waals surface area contributed by atoms with Crippen LogP contribution in [0.5, 0.6) is 0 Å². The molecule has 2 aromatic heterocycles. The van der Waals surface area contributed by atoms with Crippen LogP contribution in [0.4, 0.5) is 0 Å². The van der Waals surface area contributed by atoms with E-state index < -0.39 is 0 Å². The number of hydrogen-bond acceptors (Lipinski definition) is 5. The Morgan fingerprint density at radius 3 is 2.69 bits per heavy atom. The predicted octanol–water partition coefficient (Wildman–Crippen LogP) is 0.508. The molecule has 0 radical (unpaired) electrons. The predicted molar refractivity (Wildman–Crippen MR) is 98.4 cm³/mol. The Morgan fingerprint density at radius 1 is 1.23 bits per heavy atom. The zero-order valence-corrected chi connectivity index (χ0v) is 15.1. The molecule has 0 aliphatic carbocycles. The molecule has 0 saturated carbocycles. The molecular formula is C18H22N6O2. The van der Waals surface area contributed by atoms with Crippen molar-refractivity contribution in [3.05, 3.63) is 58.3 Å². The summed E-state index contributed by atoms with van der Waals surface area (Å²) in [7, 11) is 5.73. The van der Waals surface area contributed by atoms with Gasteiger partial charge in [0.1, 0.15) is 18.3 Å². The first-order valence-electron chi connectivity index (χ1n) is 8.31. The number of fused-ring (bicyclic) bond motifs is 1. The second kappa shape index (κ2) is 7.49. The van der Waals surface area contributed by atoms with Crippen LogP contribution in [0.15, 0.2) is 41.6 Å². The van der Waals surface area contributed by atoms with Crippen molar-refractivity contribution in [3.8, 4) is 0 Å². The van der Waals surface area contributed by atoms with Gasteiger partial charge in [-0.25, -0.2) is 4.98 Å². The molecule has 0 atom stereocenters. The van der Waals surface area contributed by atoms with E-state index in [9.17, 15) is 9.59 Å². The Bertz CT molecular complexity index is 989. The van der Waals surface area contributed by atoms with Crippen molar-refractivity contribution < 1.29 is 4.79 Å². The van der Waals surface area contributed by atoms with Crippen LogP contribution in [0.2, 0.25) is 0 Å². The summed E-state index contributed by atoms with van der Waals surface area (Å²) in [5.74, 6) is -0.239. The van der Waals surface area contributed by atoms with Gasteiger partial charge in [-0.2, -0.15) is 5.10 Å². The van der Waals surface area contributed by atoms with E-state index in [1.807, 2.05) is 38.4 Å². The van der Waals surface area contributed by atoms with E-state index in [-0.39, 0.29) is 18.0 Å². The average Bonchev–Trinajstić information content (AvgIpc) is 2.98. The molecule has 0 unspecified atom stereocenters. The van der Waals surface area contributed by atoms with Crippen LogP contribution in [0.1, 0.15) is 11.1 Å². The van der Waals surface area contributed by atoms with Crippen molar-refractivity contribution in [3.63, 3.8) is 0 Å². The highest BCUT2D eigenvalue weighted by Crippen LogP contribution is 2.10. The van der Waals surface area contributed by atoms with Crippen molar-refractivity contribution in [1.82, 2.24) is 29.5 Å². The van der Waals surface area contributed by atoms with E-state index in [2.05, 4.69) is 20.3 Å². The van der Waals surface area contributed by atoms with E-state index in [0.29, 0.717) is 17.6 Å². The Labute approximate surface area is 151 Å². The molecule has 26 heavy (non-hydrogen) atoms. The van der Waals surface area contributed by atoms with Gasteiger partial charge in [-0.1, -0.05) is 24.3 Å². The Morgan fingerprint density at radius 2 is 1.96 bits per heavy atom. The van der Waals surface area contributed by atoms with Crippen molar-refractivity contribution in [2.45, 2.75) is 19.6 Å². The maximum atomic E-state index is 12.4. The first-order valence-corrected chi connectivity index (χ1v) is 8.31. The Balaban J connectivity index is 1.69. The lowest BCUT2D eigenvalue weighted by atomic mass is 10.1. The number of aryl methyl sites for hydroxylation is 1. The average molecular weight is 354 g/mol. The van der Waals surface area contributed by atoms with Gasteiger partial charge in [-0.15, -0.1) is 0 Å². The lowest BCUT2D eigenvalue weighted by Gasteiger charge is -2.14. The summed E-state index contributed by atoms with van der Waals surface area (Å²) in [6.07, 6.45) is 2.85. The van der Waals surface area contributed by atoms with Crippen LogP contribution in [-0.2, 0) is 31.5 Å². The van der Waals surface area contributed by atoms with Crippen LogP contribution in [-0.4, -0.2) is 44.2 Å². The molecule has 0 bridgehead atoms. The molecule has 0 spiro atoms. The molecule has 3 rings (SSSR count). The van der Waals surface area contributed by atoms with Crippen molar-refractivity contribution in [2.24, 2.45) is 7.05 Å². The summed E-state index contributed by atoms with van der Waals surface area (Å²) in [5.41, 5.74) is 2.45. The lowest BCUT2D eigenvalue weighted by molar-refractivity contribution is -0.121. The zero-order chi connectivity index (χ0) is 18.7. The van der Waals surface area contributed by atoms with Crippen molar-refractivity contribution >= 4 is 16.9 Å². The fourth-order valence-corrected chi connectivity index (χ4v) is 2.81. The summed E-state index contributed by atoms with van der Waals surface area (Å²) >= 11 is 0. The van der Waals surface area contributed by atoms with Gasteiger partial charge in [0.05, 0.1) is 6.20 Å². The highest BCUT2D eigenvalue weighted by atomic mass is 16.2. The fourth-order valence-electron chi connectivity index (χ4n) is 2.81. The van der Waals surface area contributed by atoms with Crippen molar-refractivity contribution in [2.75, 3.05) is 14.1 Å². The van der Waals surface area contributed by atoms with E-state index >= 15 is 0 Å². The number of hydrogen-bond donors (Lipinski definition) is 1. The highest BCUT2D eigenvalue weighted by Gasteiger charge is 2.11. The molecule has 0 aliphatic heterocycles. The van der Waals surface area contributed by atoms with Crippen LogP contribution >= 0.6 is 0 Å². The maximum Gasteiger partial charge on any atom is 0.264 e. The standard InChI is InChI=1S/C18H22N6O2/c1-22(2)10-14-7-5-4-6-13(14)8-19-16(25)11-24-12-20-17-15(18(24)26)9-21-23(17)3/h4-7,9,12H,8,10-11H2,1-3H3,(H,19,25). The summed E-state index contributed by atoms with van der Waals surface area (Å²) in [6, 6.07) is 7.98. The normalized spacial score (nSPS) is 11.2. The summed E-state index contributed by atoms with van der Waals surface area (Å²) in [6.45, 7) is 1.14. The Hall–Kier alpha value is -3.00. The van der Waals surface area contributed by atoms with Gasteiger partial charge >= 0.3 is 0 Å². The van der Waals surface area contributed by atoms with Gasteiger partial charge in [0.15, 0.2) is 5.65 Å². The molecule has 1 N–H and O–H groups in total. The quantitative estimate of drug-likeness (QED) is 0.697. The summed E-state index contributed by atoms with van der Waals surface area (Å²) in [4.78, 5) is 31.0. The van der Waals surface area contributed by atoms with Crippen LogP contribution in [0, 0.1) is 0 Å². The summed E-state index contributed by atoms with van der Waals surface area (Å²) < 4.78 is 2.83. The zero-order valence-electron chi connectivity index (χ0n) is 15.1. The molecule has 8 heteroatoms. The second-order valence-corrected chi connectivity index (χ2v) is 6.47. The van der Waals surface area contributed by atoms with E-state index in [0.717, 1.165) is 17.7 Å². The molecule has 1 aromatic carbocycles. The monoisotopic (exact) mass is 354 g/mol. The molecule has 0 fully saturated rings. The van der Waals surface area contributed by atoms with E-state index in [1.165, 1.54) is 21.8 Å². The van der Waals surface area contributed by atoms with Crippen LogP contribution < -0.4 is 10.9 Å². The molecule has 136 valence electrons. The number of benzene rings is 1. The smallest absolute Gasteiger partial charge is 0.264 e. The lowest BCUT2D eigenvalue weighted by Crippen LogP contribution is -2.32. The third kappa shape index (κ3) is 3.80. The number of amides is 1. The van der Waals surface area contributed by atoms with Crippen molar-refractivity contribution in [1.29, 1.82) is 0 Å². The van der Waals surface area contributed by atoms with Gasteiger partial charge in [0.25, 0.3) is 5.56 Å². The fraction of sp³-hybridized carbons (Fsp3) is 0.333. The second-order valence-electron chi connectivity index (χ2n) is 6.47. The summed E-state index contributed by atoms with van der Waals surface area (Å²) in [5, 5.41) is 7.30. The maximum absolute atomic E-state index is 12.4. The number of nitrogens with one attached hydrogen (secondary N) is 1. The first-order chi connectivity index (χ1) is 12.5. The topological polar surface area (TPSA) is 85.1 Å². The molecular weight excluding hydrogens is 332 g/mol. The number of nitrogens with zero attached hydrogens (tertiary/aromatic N) is 5. The minimum atomic E-state index is -0.272. The minimum Gasteiger partial charge on any atom is -0.350 e. The largest absolute Gasteiger partial charge is 0.350 e. The Kier molecular flexibility index (Phi) is 5.13. The number of carbonyl (C=O) groups is 1. The van der Waals surface area contributed by atoms with Crippen LogP contribution in [0.3, 0.4) is 0 Å². The highest BCUT2D eigenvalue weighted by molar-refractivity contribution is 5.77. The molecule has 8 nitrogen and oxygen atoms in total. The van der Waals surface area contributed by atoms with E-state index in [1.54, 1.807) is 7.05 Å².